The molecule has 0 atom stereocenters. The maximum Gasteiger partial charge on any atom is 0.185 e. The molecule has 1 heterocycles. The summed E-state index contributed by atoms with van der Waals surface area (Å²) in [5, 5.41) is 3.98. The van der Waals surface area contributed by atoms with E-state index in [4.69, 9.17) is 9.47 Å². The molecular formula is C16H16O3S. The molecule has 3 nitrogen and oxygen atoms in total. The molecule has 0 radical (unpaired) electrons. The number of carbonyl (C=O) groups excluding carboxylic acids is 1. The number of benzene rings is 1. The van der Waals surface area contributed by atoms with Crippen LogP contribution in [-0.2, 0) is 4.74 Å². The fraction of sp³-hybridized carbons (Fsp3) is 0.188. The van der Waals surface area contributed by atoms with Crippen molar-refractivity contribution < 1.29 is 14.3 Å². The summed E-state index contributed by atoms with van der Waals surface area (Å²) in [6.07, 6.45) is 3.41. The molecule has 104 valence electrons. The summed E-state index contributed by atoms with van der Waals surface area (Å²) >= 11 is 1.61. The van der Waals surface area contributed by atoms with Crippen LogP contribution in [0.15, 0.2) is 47.2 Å². The molecule has 0 bridgehead atoms. The monoisotopic (exact) mass is 288 g/mol. The van der Waals surface area contributed by atoms with Crippen molar-refractivity contribution in [1.29, 1.82) is 0 Å². The van der Waals surface area contributed by atoms with Gasteiger partial charge in [-0.05, 0) is 52.7 Å². The van der Waals surface area contributed by atoms with Crippen LogP contribution in [0.3, 0.4) is 0 Å². The first-order chi connectivity index (χ1) is 9.79. The minimum atomic E-state index is -0.0142. The SMILES string of the molecule is COCCOc1ccc(C(=O)/C=C/c2ccsc2)cc1. The van der Waals surface area contributed by atoms with Gasteiger partial charge in [0.05, 0.1) is 6.61 Å². The van der Waals surface area contributed by atoms with E-state index in [1.54, 1.807) is 48.8 Å². The van der Waals surface area contributed by atoms with Gasteiger partial charge in [0.2, 0.25) is 0 Å². The van der Waals surface area contributed by atoms with E-state index in [1.807, 2.05) is 22.9 Å². The molecule has 4 heteroatoms. The van der Waals surface area contributed by atoms with E-state index in [0.717, 1.165) is 11.3 Å². The predicted molar refractivity (Wildman–Crippen MR) is 81.5 cm³/mol. The number of hydrogen-bond acceptors (Lipinski definition) is 4. The first-order valence-corrected chi connectivity index (χ1v) is 7.20. The van der Waals surface area contributed by atoms with Gasteiger partial charge in [-0.2, -0.15) is 11.3 Å². The average Bonchev–Trinajstić information content (AvgIpc) is 2.99. The maximum absolute atomic E-state index is 12.0. The van der Waals surface area contributed by atoms with E-state index in [2.05, 4.69) is 0 Å². The summed E-state index contributed by atoms with van der Waals surface area (Å²) in [4.78, 5) is 12.0. The highest BCUT2D eigenvalue weighted by Gasteiger charge is 2.02. The van der Waals surface area contributed by atoms with Crippen molar-refractivity contribution in [1.82, 2.24) is 0 Å². The lowest BCUT2D eigenvalue weighted by atomic mass is 10.1. The fourth-order valence-corrected chi connectivity index (χ4v) is 2.22. The molecule has 20 heavy (non-hydrogen) atoms. The molecule has 0 saturated carbocycles. The Hall–Kier alpha value is -1.91. The van der Waals surface area contributed by atoms with Gasteiger partial charge in [-0.25, -0.2) is 0 Å². The van der Waals surface area contributed by atoms with Gasteiger partial charge in [0.1, 0.15) is 12.4 Å². The van der Waals surface area contributed by atoms with Crippen LogP contribution in [0.25, 0.3) is 6.08 Å². The molecule has 2 aromatic rings. The molecule has 0 aliphatic carbocycles. The van der Waals surface area contributed by atoms with Crippen molar-refractivity contribution in [2.24, 2.45) is 0 Å². The van der Waals surface area contributed by atoms with Crippen LogP contribution >= 0.6 is 11.3 Å². The van der Waals surface area contributed by atoms with E-state index >= 15 is 0 Å². The largest absolute Gasteiger partial charge is 0.491 e. The van der Waals surface area contributed by atoms with Crippen LogP contribution in [0.1, 0.15) is 15.9 Å². The summed E-state index contributed by atoms with van der Waals surface area (Å²) in [6.45, 7) is 1.05. The van der Waals surface area contributed by atoms with E-state index in [1.165, 1.54) is 0 Å². The summed E-state index contributed by atoms with van der Waals surface area (Å²) in [6, 6.07) is 9.09. The normalized spacial score (nSPS) is 10.8. The van der Waals surface area contributed by atoms with Crippen molar-refractivity contribution in [3.05, 3.63) is 58.3 Å². The Morgan fingerprint density at radius 1 is 1.20 bits per heavy atom. The van der Waals surface area contributed by atoms with Crippen LogP contribution < -0.4 is 4.74 Å². The number of hydrogen-bond donors (Lipinski definition) is 0. The van der Waals surface area contributed by atoms with Gasteiger partial charge in [-0.3, -0.25) is 4.79 Å². The number of thiophene rings is 1. The third-order valence-electron chi connectivity index (χ3n) is 2.67. The van der Waals surface area contributed by atoms with Crippen molar-refractivity contribution in [3.8, 4) is 5.75 Å². The summed E-state index contributed by atoms with van der Waals surface area (Å²) in [5.74, 6) is 0.722. The van der Waals surface area contributed by atoms with Gasteiger partial charge in [0.25, 0.3) is 0 Å². The minimum Gasteiger partial charge on any atom is -0.491 e. The van der Waals surface area contributed by atoms with Crippen LogP contribution in [0.5, 0.6) is 5.75 Å². The van der Waals surface area contributed by atoms with Gasteiger partial charge in [0, 0.05) is 12.7 Å². The molecule has 1 aromatic heterocycles. The number of ketones is 1. The zero-order chi connectivity index (χ0) is 14.2. The number of carbonyl (C=O) groups is 1. The molecule has 0 saturated heterocycles. The van der Waals surface area contributed by atoms with E-state index < -0.39 is 0 Å². The third kappa shape index (κ3) is 4.33. The molecule has 0 aliphatic heterocycles. The molecule has 0 aliphatic rings. The van der Waals surface area contributed by atoms with Crippen LogP contribution in [0.2, 0.25) is 0 Å². The van der Waals surface area contributed by atoms with Crippen LogP contribution in [0, 0.1) is 0 Å². The van der Waals surface area contributed by atoms with Crippen molar-refractivity contribution in [2.75, 3.05) is 20.3 Å². The van der Waals surface area contributed by atoms with E-state index in [9.17, 15) is 4.79 Å². The van der Waals surface area contributed by atoms with E-state index in [-0.39, 0.29) is 5.78 Å². The Bertz CT molecular complexity index is 556. The molecular weight excluding hydrogens is 272 g/mol. The van der Waals surface area contributed by atoms with Gasteiger partial charge in [-0.15, -0.1) is 0 Å². The lowest BCUT2D eigenvalue weighted by Crippen LogP contribution is -2.04. The van der Waals surface area contributed by atoms with Gasteiger partial charge in [0.15, 0.2) is 5.78 Å². The maximum atomic E-state index is 12.0. The smallest absolute Gasteiger partial charge is 0.185 e. The standard InChI is InChI=1S/C16H16O3S/c1-18-9-10-19-15-5-3-14(4-6-15)16(17)7-2-13-8-11-20-12-13/h2-8,11-12H,9-10H2,1H3/b7-2+. The zero-order valence-electron chi connectivity index (χ0n) is 11.2. The minimum absolute atomic E-state index is 0.0142. The Balaban J connectivity index is 1.93. The number of methoxy groups -OCH3 is 1. The highest BCUT2D eigenvalue weighted by molar-refractivity contribution is 7.08. The highest BCUT2D eigenvalue weighted by atomic mass is 32.1. The van der Waals surface area contributed by atoms with Gasteiger partial charge >= 0.3 is 0 Å². The highest BCUT2D eigenvalue weighted by Crippen LogP contribution is 2.14. The topological polar surface area (TPSA) is 35.5 Å². The second-order valence-electron chi connectivity index (χ2n) is 4.12. The predicted octanol–water partition coefficient (Wildman–Crippen LogP) is 3.67. The quantitative estimate of drug-likeness (QED) is 0.443. The molecule has 2 rings (SSSR count). The Kier molecular flexibility index (Phi) is 5.53. The van der Waals surface area contributed by atoms with Crippen LogP contribution in [-0.4, -0.2) is 26.1 Å². The lowest BCUT2D eigenvalue weighted by molar-refractivity contribution is 0.104. The number of rotatable bonds is 7. The Morgan fingerprint density at radius 3 is 2.65 bits per heavy atom. The van der Waals surface area contributed by atoms with Crippen molar-refractivity contribution in [2.45, 2.75) is 0 Å². The second kappa shape index (κ2) is 7.62. The molecule has 0 unspecified atom stereocenters. The number of ether oxygens (including phenoxy) is 2. The Labute approximate surface area is 122 Å². The summed E-state index contributed by atoms with van der Waals surface area (Å²) in [5.41, 5.74) is 1.69. The molecule has 0 fully saturated rings. The van der Waals surface area contributed by atoms with E-state index in [0.29, 0.717) is 18.8 Å². The first kappa shape index (κ1) is 14.5. The Morgan fingerprint density at radius 2 is 2.00 bits per heavy atom. The third-order valence-corrected chi connectivity index (χ3v) is 3.37. The molecule has 0 spiro atoms. The molecule has 0 amide bonds. The fourth-order valence-electron chi connectivity index (χ4n) is 1.60. The summed E-state index contributed by atoms with van der Waals surface area (Å²) in [7, 11) is 1.63. The lowest BCUT2D eigenvalue weighted by Gasteiger charge is -2.05. The van der Waals surface area contributed by atoms with Gasteiger partial charge < -0.3 is 9.47 Å². The second-order valence-corrected chi connectivity index (χ2v) is 4.90. The molecule has 0 N–H and O–H groups in total. The average molecular weight is 288 g/mol. The first-order valence-electron chi connectivity index (χ1n) is 6.26. The van der Waals surface area contributed by atoms with Crippen molar-refractivity contribution in [3.63, 3.8) is 0 Å². The molecule has 1 aromatic carbocycles. The van der Waals surface area contributed by atoms with Crippen LogP contribution in [0.4, 0.5) is 0 Å². The number of allylic oxidation sites excluding steroid dienone is 1. The summed E-state index contributed by atoms with van der Waals surface area (Å²) < 4.78 is 10.4. The van der Waals surface area contributed by atoms with Gasteiger partial charge in [-0.1, -0.05) is 6.08 Å². The zero-order valence-corrected chi connectivity index (χ0v) is 12.1. The van der Waals surface area contributed by atoms with Crippen molar-refractivity contribution >= 4 is 23.2 Å².